The fourth-order valence-electron chi connectivity index (χ4n) is 4.21. The molecule has 0 aromatic carbocycles. The summed E-state index contributed by atoms with van der Waals surface area (Å²) in [5.74, 6) is 0.776. The van der Waals surface area contributed by atoms with Crippen molar-refractivity contribution in [1.82, 2.24) is 14.8 Å². The van der Waals surface area contributed by atoms with Crippen molar-refractivity contribution in [2.45, 2.75) is 32.7 Å². The zero-order valence-electron chi connectivity index (χ0n) is 15.0. The number of furan rings is 1. The molecule has 4 heterocycles. The van der Waals surface area contributed by atoms with Crippen molar-refractivity contribution in [3.63, 3.8) is 0 Å². The Morgan fingerprint density at radius 2 is 2.04 bits per heavy atom. The van der Waals surface area contributed by atoms with Crippen molar-refractivity contribution < 1.29 is 14.0 Å². The summed E-state index contributed by atoms with van der Waals surface area (Å²) < 4.78 is 5.27. The lowest BCUT2D eigenvalue weighted by Crippen LogP contribution is -2.49. The van der Waals surface area contributed by atoms with Gasteiger partial charge in [-0.15, -0.1) is 0 Å². The summed E-state index contributed by atoms with van der Waals surface area (Å²) in [5.41, 5.74) is 1.25. The van der Waals surface area contributed by atoms with Gasteiger partial charge in [0, 0.05) is 38.6 Å². The molecular formula is C20H23N3O3. The number of hydrogen-bond acceptors (Lipinski definition) is 4. The Morgan fingerprint density at radius 1 is 1.23 bits per heavy atom. The number of carbonyl (C=O) groups is 2. The molecule has 2 aliphatic heterocycles. The van der Waals surface area contributed by atoms with Crippen LogP contribution in [0.5, 0.6) is 0 Å². The number of pyridine rings is 1. The van der Waals surface area contributed by atoms with Crippen LogP contribution in [0.25, 0.3) is 0 Å². The first-order valence-electron chi connectivity index (χ1n) is 9.11. The molecule has 4 rings (SSSR count). The largest absolute Gasteiger partial charge is 0.469 e. The Morgan fingerprint density at radius 3 is 2.77 bits per heavy atom. The molecule has 26 heavy (non-hydrogen) atoms. The van der Waals surface area contributed by atoms with Crippen molar-refractivity contribution in [1.29, 1.82) is 0 Å². The third-order valence-electron chi connectivity index (χ3n) is 5.68. The topological polar surface area (TPSA) is 66.7 Å². The minimum Gasteiger partial charge on any atom is -0.469 e. The van der Waals surface area contributed by atoms with E-state index in [9.17, 15) is 9.59 Å². The Bertz CT molecular complexity index is 817. The molecule has 0 N–H and O–H groups in total. The second kappa shape index (κ2) is 6.59. The molecule has 2 fully saturated rings. The lowest BCUT2D eigenvalue weighted by molar-refractivity contribution is -0.138. The summed E-state index contributed by atoms with van der Waals surface area (Å²) in [6.45, 7) is 4.35. The first-order valence-corrected chi connectivity index (χ1v) is 9.11. The van der Waals surface area contributed by atoms with Gasteiger partial charge in [-0.05, 0) is 49.9 Å². The Hall–Kier alpha value is -2.63. The smallest absolute Gasteiger partial charge is 0.257 e. The quantitative estimate of drug-likeness (QED) is 0.851. The normalized spacial score (nSPS) is 23.0. The van der Waals surface area contributed by atoms with Crippen molar-refractivity contribution in [3.05, 3.63) is 53.7 Å². The number of hydrogen-bond donors (Lipinski definition) is 0. The lowest BCUT2D eigenvalue weighted by Gasteiger charge is -2.39. The second-order valence-corrected chi connectivity index (χ2v) is 7.33. The Labute approximate surface area is 152 Å². The number of aryl methyl sites for hydroxylation is 1. The predicted octanol–water partition coefficient (Wildman–Crippen LogP) is 2.64. The van der Waals surface area contributed by atoms with E-state index in [-0.39, 0.29) is 11.8 Å². The highest BCUT2D eigenvalue weighted by atomic mass is 16.3. The number of piperidine rings is 1. The second-order valence-electron chi connectivity index (χ2n) is 7.33. The molecule has 2 amide bonds. The molecule has 6 heteroatoms. The maximum atomic E-state index is 13.2. The van der Waals surface area contributed by atoms with Crippen LogP contribution >= 0.6 is 0 Å². The fraction of sp³-hybridized carbons (Fsp3) is 0.450. The molecule has 6 nitrogen and oxygen atoms in total. The van der Waals surface area contributed by atoms with Crippen LogP contribution in [0.3, 0.4) is 0 Å². The van der Waals surface area contributed by atoms with Crippen LogP contribution in [0.15, 0.2) is 41.3 Å². The third-order valence-corrected chi connectivity index (χ3v) is 5.68. The zero-order chi connectivity index (χ0) is 18.1. The molecular weight excluding hydrogens is 330 g/mol. The first kappa shape index (κ1) is 16.8. The highest BCUT2D eigenvalue weighted by molar-refractivity contribution is 5.96. The van der Waals surface area contributed by atoms with Crippen LogP contribution in [0.4, 0.5) is 0 Å². The van der Waals surface area contributed by atoms with E-state index in [1.165, 1.54) is 0 Å². The highest BCUT2D eigenvalue weighted by Crippen LogP contribution is 2.41. The van der Waals surface area contributed by atoms with Gasteiger partial charge in [0.2, 0.25) is 5.91 Å². The molecule has 0 bridgehead atoms. The number of carbonyl (C=O) groups excluding carboxylic acids is 2. The third kappa shape index (κ3) is 2.89. The Balaban J connectivity index is 1.49. The molecule has 2 saturated heterocycles. The molecule has 2 aromatic rings. The van der Waals surface area contributed by atoms with Gasteiger partial charge < -0.3 is 14.2 Å². The minimum absolute atomic E-state index is 0.0318. The van der Waals surface area contributed by atoms with Gasteiger partial charge in [0.1, 0.15) is 5.76 Å². The van der Waals surface area contributed by atoms with Crippen LogP contribution in [-0.4, -0.2) is 46.2 Å². The number of likely N-dealkylation sites (tertiary alicyclic amines) is 2. The van der Waals surface area contributed by atoms with Crippen molar-refractivity contribution in [2.75, 3.05) is 19.6 Å². The predicted molar refractivity (Wildman–Crippen MR) is 95.3 cm³/mol. The molecule has 0 saturated carbocycles. The number of rotatable bonds is 3. The summed E-state index contributed by atoms with van der Waals surface area (Å²) >= 11 is 0. The summed E-state index contributed by atoms with van der Waals surface area (Å²) in [7, 11) is 0. The van der Waals surface area contributed by atoms with Crippen molar-refractivity contribution in [3.8, 4) is 0 Å². The van der Waals surface area contributed by atoms with Gasteiger partial charge in [-0.3, -0.25) is 14.6 Å². The van der Waals surface area contributed by atoms with Gasteiger partial charge in [0.15, 0.2) is 0 Å². The van der Waals surface area contributed by atoms with Gasteiger partial charge in [-0.1, -0.05) is 0 Å². The van der Waals surface area contributed by atoms with E-state index >= 15 is 0 Å². The summed E-state index contributed by atoms with van der Waals surface area (Å²) in [4.78, 5) is 33.8. The van der Waals surface area contributed by atoms with E-state index < -0.39 is 5.41 Å². The van der Waals surface area contributed by atoms with E-state index in [1.54, 1.807) is 31.6 Å². The number of amides is 2. The van der Waals surface area contributed by atoms with Crippen molar-refractivity contribution in [2.24, 2.45) is 5.41 Å². The molecule has 136 valence electrons. The van der Waals surface area contributed by atoms with E-state index in [0.29, 0.717) is 31.0 Å². The summed E-state index contributed by atoms with van der Waals surface area (Å²) in [5, 5.41) is 0. The summed E-state index contributed by atoms with van der Waals surface area (Å²) in [6.07, 6.45) is 7.56. The van der Waals surface area contributed by atoms with Gasteiger partial charge >= 0.3 is 0 Å². The standard InChI is InChI=1S/C20H23N3O3/c1-15-17(5-12-26-15)18(24)23-10-2-6-20(14-23)7-11-22(19(20)25)13-16-3-8-21-9-4-16/h3-5,8-9,12H,2,6-7,10-11,13-14H2,1H3/t20-/m1/s1. The fourth-order valence-corrected chi connectivity index (χ4v) is 4.21. The lowest BCUT2D eigenvalue weighted by atomic mass is 9.78. The minimum atomic E-state index is -0.432. The maximum absolute atomic E-state index is 13.2. The molecule has 0 radical (unpaired) electrons. The maximum Gasteiger partial charge on any atom is 0.257 e. The molecule has 2 aliphatic rings. The molecule has 0 unspecified atom stereocenters. The summed E-state index contributed by atoms with van der Waals surface area (Å²) in [6, 6.07) is 5.60. The first-order chi connectivity index (χ1) is 12.6. The average molecular weight is 353 g/mol. The van der Waals surface area contributed by atoms with Gasteiger partial charge in [0.05, 0.1) is 17.2 Å². The van der Waals surface area contributed by atoms with Crippen LogP contribution < -0.4 is 0 Å². The van der Waals surface area contributed by atoms with Crippen LogP contribution in [0.1, 0.15) is 40.9 Å². The number of aromatic nitrogens is 1. The van der Waals surface area contributed by atoms with E-state index in [2.05, 4.69) is 4.98 Å². The number of nitrogens with zero attached hydrogens (tertiary/aromatic N) is 3. The van der Waals surface area contributed by atoms with E-state index in [1.807, 2.05) is 21.9 Å². The molecule has 2 aromatic heterocycles. The van der Waals surface area contributed by atoms with Crippen LogP contribution in [-0.2, 0) is 11.3 Å². The van der Waals surface area contributed by atoms with Gasteiger partial charge in [0.25, 0.3) is 5.91 Å². The van der Waals surface area contributed by atoms with Crippen molar-refractivity contribution >= 4 is 11.8 Å². The Kier molecular flexibility index (Phi) is 4.26. The molecule has 0 aliphatic carbocycles. The molecule has 1 atom stereocenters. The molecule has 1 spiro atoms. The van der Waals surface area contributed by atoms with Crippen LogP contribution in [0, 0.1) is 12.3 Å². The highest BCUT2D eigenvalue weighted by Gasteiger charge is 2.49. The van der Waals surface area contributed by atoms with Gasteiger partial charge in [-0.25, -0.2) is 0 Å². The van der Waals surface area contributed by atoms with Gasteiger partial charge in [-0.2, -0.15) is 0 Å². The monoisotopic (exact) mass is 353 g/mol. The van der Waals surface area contributed by atoms with E-state index in [0.717, 1.165) is 31.4 Å². The van der Waals surface area contributed by atoms with E-state index in [4.69, 9.17) is 4.42 Å². The average Bonchev–Trinajstić information content (AvgIpc) is 3.21. The SMILES string of the molecule is Cc1occc1C(=O)N1CCC[C@@]2(CCN(Cc3ccncc3)C2=O)C1. The van der Waals surface area contributed by atoms with Crippen LogP contribution in [0.2, 0.25) is 0 Å². The zero-order valence-corrected chi connectivity index (χ0v) is 15.0.